The number of carbonyl (C=O) groups is 2. The van der Waals surface area contributed by atoms with Gasteiger partial charge in [0.1, 0.15) is 17.3 Å². The van der Waals surface area contributed by atoms with Crippen LogP contribution in [0.25, 0.3) is 5.76 Å². The summed E-state index contributed by atoms with van der Waals surface area (Å²) in [6, 6.07) is 12.6. The summed E-state index contributed by atoms with van der Waals surface area (Å²) in [6.45, 7) is 1.44. The number of nitrogens with zero attached hydrogens (tertiary/aromatic N) is 1. The van der Waals surface area contributed by atoms with Crippen LogP contribution in [0.3, 0.4) is 0 Å². The molecule has 3 rings (SSSR count). The summed E-state index contributed by atoms with van der Waals surface area (Å²) in [5, 5.41) is 20.8. The molecule has 0 spiro atoms. The molecule has 1 saturated heterocycles. The number of aliphatic hydroxyl groups excluding tert-OH is 2. The third kappa shape index (κ3) is 3.82. The van der Waals surface area contributed by atoms with Crippen LogP contribution >= 0.6 is 0 Å². The summed E-state index contributed by atoms with van der Waals surface area (Å²) in [5.74, 6) is -0.970. The van der Waals surface area contributed by atoms with Crippen molar-refractivity contribution < 1.29 is 29.3 Å². The number of likely N-dealkylation sites (tertiary alicyclic amines) is 1. The van der Waals surface area contributed by atoms with Crippen molar-refractivity contribution >= 4 is 17.4 Å². The summed E-state index contributed by atoms with van der Waals surface area (Å²) in [4.78, 5) is 26.9. The molecule has 0 aromatic heterocycles. The maximum Gasteiger partial charge on any atom is 0.295 e. The number of amides is 1. The van der Waals surface area contributed by atoms with E-state index in [1.54, 1.807) is 48.5 Å². The van der Waals surface area contributed by atoms with E-state index in [0.717, 1.165) is 0 Å². The smallest absolute Gasteiger partial charge is 0.295 e. The Morgan fingerprint density at radius 3 is 2.38 bits per heavy atom. The predicted octanol–water partition coefficient (Wildman–Crippen LogP) is 2.51. The van der Waals surface area contributed by atoms with Crippen molar-refractivity contribution in [3.05, 3.63) is 65.2 Å². The topological polar surface area (TPSA) is 96.3 Å². The highest BCUT2D eigenvalue weighted by atomic mass is 16.5. The second-order valence-electron chi connectivity index (χ2n) is 6.77. The Hall–Kier alpha value is -3.32. The molecule has 7 nitrogen and oxygen atoms in total. The van der Waals surface area contributed by atoms with E-state index in [0.29, 0.717) is 22.6 Å². The van der Waals surface area contributed by atoms with E-state index < -0.39 is 23.8 Å². The van der Waals surface area contributed by atoms with Gasteiger partial charge in [-0.1, -0.05) is 30.3 Å². The number of hydrogen-bond acceptors (Lipinski definition) is 6. The molecular formula is C22H23NO6. The number of β-amino-alcohol motifs (C(OH)–C–C–N with tert-alkyl or cyclic N) is 1. The van der Waals surface area contributed by atoms with Gasteiger partial charge in [-0.25, -0.2) is 0 Å². The van der Waals surface area contributed by atoms with Gasteiger partial charge in [0.2, 0.25) is 0 Å². The maximum absolute atomic E-state index is 12.9. The molecule has 152 valence electrons. The fraction of sp³-hybridized carbons (Fsp3) is 0.273. The van der Waals surface area contributed by atoms with Crippen molar-refractivity contribution in [2.24, 2.45) is 0 Å². The summed E-state index contributed by atoms with van der Waals surface area (Å²) in [5.41, 5.74) is 0.826. The summed E-state index contributed by atoms with van der Waals surface area (Å²) >= 11 is 0. The average Bonchev–Trinajstić information content (AvgIpc) is 2.97. The van der Waals surface area contributed by atoms with Gasteiger partial charge >= 0.3 is 0 Å². The molecule has 1 aliphatic rings. The van der Waals surface area contributed by atoms with Gasteiger partial charge in [0.05, 0.1) is 31.9 Å². The van der Waals surface area contributed by atoms with Gasteiger partial charge in [-0.05, 0) is 25.1 Å². The molecular weight excluding hydrogens is 374 g/mol. The maximum atomic E-state index is 12.9. The highest BCUT2D eigenvalue weighted by molar-refractivity contribution is 6.46. The first-order valence-corrected chi connectivity index (χ1v) is 9.12. The van der Waals surface area contributed by atoms with Gasteiger partial charge in [0.25, 0.3) is 11.7 Å². The van der Waals surface area contributed by atoms with E-state index in [4.69, 9.17) is 9.47 Å². The zero-order chi connectivity index (χ0) is 21.1. The zero-order valence-electron chi connectivity index (χ0n) is 16.5. The van der Waals surface area contributed by atoms with Gasteiger partial charge in [-0.15, -0.1) is 0 Å². The largest absolute Gasteiger partial charge is 0.507 e. The first-order valence-electron chi connectivity index (χ1n) is 9.12. The SMILES string of the molecule is COc1ccc(OC)c([C@H]2C(=C(O)c3ccccc3)C(=O)C(=O)N2C[C@H](C)O)c1. The standard InChI is InChI=1S/C22H23NO6/c1-13(24)12-23-19(16-11-15(28-2)9-10-17(16)29-3)18(21(26)22(23)27)20(25)14-7-5-4-6-8-14/h4-11,13,19,24-25H,12H2,1-3H3/t13-,19-/m0/s1. The monoisotopic (exact) mass is 397 g/mol. The van der Waals surface area contributed by atoms with Crippen molar-refractivity contribution in [3.63, 3.8) is 0 Å². The minimum absolute atomic E-state index is 0.0617. The molecule has 0 aliphatic carbocycles. The summed E-state index contributed by atoms with van der Waals surface area (Å²) < 4.78 is 10.7. The fourth-order valence-corrected chi connectivity index (χ4v) is 3.48. The van der Waals surface area contributed by atoms with E-state index >= 15 is 0 Å². The zero-order valence-corrected chi connectivity index (χ0v) is 16.5. The molecule has 2 N–H and O–H groups in total. The normalized spacial score (nSPS) is 19.3. The Bertz CT molecular complexity index is 951. The van der Waals surface area contributed by atoms with E-state index in [-0.39, 0.29) is 17.9 Å². The van der Waals surface area contributed by atoms with Crippen molar-refractivity contribution in [3.8, 4) is 11.5 Å². The third-order valence-corrected chi connectivity index (χ3v) is 4.78. The van der Waals surface area contributed by atoms with E-state index in [9.17, 15) is 19.8 Å². The Morgan fingerprint density at radius 1 is 1.10 bits per heavy atom. The molecule has 1 fully saturated rings. The van der Waals surface area contributed by atoms with Crippen LogP contribution in [0.15, 0.2) is 54.1 Å². The van der Waals surface area contributed by atoms with Crippen LogP contribution in [-0.4, -0.2) is 53.7 Å². The fourth-order valence-electron chi connectivity index (χ4n) is 3.48. The molecule has 1 heterocycles. The molecule has 7 heteroatoms. The molecule has 2 aromatic carbocycles. The van der Waals surface area contributed by atoms with Crippen LogP contribution in [-0.2, 0) is 9.59 Å². The number of rotatable bonds is 6. The number of ether oxygens (including phenoxy) is 2. The third-order valence-electron chi connectivity index (χ3n) is 4.78. The van der Waals surface area contributed by atoms with E-state index in [1.807, 2.05) is 0 Å². The van der Waals surface area contributed by atoms with Gasteiger partial charge in [0, 0.05) is 17.7 Å². The van der Waals surface area contributed by atoms with Crippen molar-refractivity contribution in [2.45, 2.75) is 19.1 Å². The van der Waals surface area contributed by atoms with Crippen LogP contribution in [0.2, 0.25) is 0 Å². The number of hydrogen-bond donors (Lipinski definition) is 2. The predicted molar refractivity (Wildman–Crippen MR) is 107 cm³/mol. The van der Waals surface area contributed by atoms with Crippen LogP contribution in [0.4, 0.5) is 0 Å². The molecule has 0 bridgehead atoms. The lowest BCUT2D eigenvalue weighted by atomic mass is 9.94. The quantitative estimate of drug-likeness (QED) is 0.442. The molecule has 1 aliphatic heterocycles. The number of Topliss-reactive ketones (excluding diaryl/α,β-unsaturated/α-hetero) is 1. The van der Waals surface area contributed by atoms with Gasteiger partial charge < -0.3 is 24.6 Å². The Balaban J connectivity index is 2.27. The molecule has 0 saturated carbocycles. The lowest BCUT2D eigenvalue weighted by molar-refractivity contribution is -0.140. The first-order chi connectivity index (χ1) is 13.9. The number of benzene rings is 2. The second kappa shape index (κ2) is 8.36. The lowest BCUT2D eigenvalue weighted by Crippen LogP contribution is -2.35. The minimum atomic E-state index is -0.935. The second-order valence-corrected chi connectivity index (χ2v) is 6.77. The van der Waals surface area contributed by atoms with Crippen LogP contribution < -0.4 is 9.47 Å². The van der Waals surface area contributed by atoms with Gasteiger partial charge in [-0.2, -0.15) is 0 Å². The van der Waals surface area contributed by atoms with Crippen molar-refractivity contribution in [1.82, 2.24) is 4.90 Å². The van der Waals surface area contributed by atoms with Crippen molar-refractivity contribution in [1.29, 1.82) is 0 Å². The average molecular weight is 397 g/mol. The Morgan fingerprint density at radius 2 is 1.79 bits per heavy atom. The number of ketones is 1. The summed E-state index contributed by atoms with van der Waals surface area (Å²) in [6.07, 6.45) is -0.871. The molecule has 2 aromatic rings. The molecule has 29 heavy (non-hydrogen) atoms. The Kier molecular flexibility index (Phi) is 5.89. The Labute approximate surface area is 168 Å². The van der Waals surface area contributed by atoms with Crippen LogP contribution in [0, 0.1) is 0 Å². The van der Waals surface area contributed by atoms with Gasteiger partial charge in [-0.3, -0.25) is 9.59 Å². The van der Waals surface area contributed by atoms with Gasteiger partial charge in [0.15, 0.2) is 0 Å². The van der Waals surface area contributed by atoms with Crippen LogP contribution in [0.5, 0.6) is 11.5 Å². The van der Waals surface area contributed by atoms with E-state index in [2.05, 4.69) is 0 Å². The number of carbonyl (C=O) groups excluding carboxylic acids is 2. The first kappa shape index (κ1) is 20.4. The van der Waals surface area contributed by atoms with Crippen molar-refractivity contribution in [2.75, 3.05) is 20.8 Å². The summed E-state index contributed by atoms with van der Waals surface area (Å²) in [7, 11) is 2.98. The lowest BCUT2D eigenvalue weighted by Gasteiger charge is -2.27. The molecule has 1 amide bonds. The highest BCUT2D eigenvalue weighted by Crippen LogP contribution is 2.43. The molecule has 0 unspecified atom stereocenters. The van der Waals surface area contributed by atoms with E-state index in [1.165, 1.54) is 26.0 Å². The molecule has 2 atom stereocenters. The van der Waals surface area contributed by atoms with Crippen LogP contribution in [0.1, 0.15) is 24.1 Å². The number of methoxy groups -OCH3 is 2. The highest BCUT2D eigenvalue weighted by Gasteiger charge is 2.47. The minimum Gasteiger partial charge on any atom is -0.507 e. The molecule has 0 radical (unpaired) electrons. The number of aliphatic hydroxyl groups is 2.